The van der Waals surface area contributed by atoms with Crippen LogP contribution in [0.25, 0.3) is 0 Å². The molecular weight excluding hydrogens is 450 g/mol. The van der Waals surface area contributed by atoms with Gasteiger partial charge in [0.2, 0.25) is 6.29 Å². The first kappa shape index (κ1) is 25.1. The van der Waals surface area contributed by atoms with Crippen LogP contribution < -0.4 is 4.74 Å². The molecule has 2 aliphatic rings. The number of rotatable bonds is 7. The van der Waals surface area contributed by atoms with E-state index >= 15 is 0 Å². The number of aliphatic hydroxyl groups is 7. The van der Waals surface area contributed by atoms with Crippen LogP contribution in [-0.2, 0) is 14.2 Å². The van der Waals surface area contributed by atoms with Gasteiger partial charge in [0.05, 0.1) is 24.1 Å². The van der Waals surface area contributed by atoms with E-state index in [0.29, 0.717) is 5.69 Å². The van der Waals surface area contributed by atoms with Crippen molar-refractivity contribution in [1.82, 2.24) is 0 Å². The van der Waals surface area contributed by atoms with Gasteiger partial charge in [0.25, 0.3) is 0 Å². The molecule has 0 spiro atoms. The lowest BCUT2D eigenvalue weighted by molar-refractivity contribution is -0.352. The minimum absolute atomic E-state index is 0.273. The number of benzene rings is 1. The zero-order valence-electron chi connectivity index (χ0n) is 16.6. The van der Waals surface area contributed by atoms with E-state index in [4.69, 9.17) is 18.9 Å². The van der Waals surface area contributed by atoms with E-state index in [-0.39, 0.29) is 5.75 Å². The molecule has 0 unspecified atom stereocenters. The molecule has 10 atom stereocenters. The van der Waals surface area contributed by atoms with Gasteiger partial charge < -0.3 is 54.7 Å². The summed E-state index contributed by atoms with van der Waals surface area (Å²) in [4.78, 5) is 3.80. The molecule has 3 rings (SSSR count). The van der Waals surface area contributed by atoms with Gasteiger partial charge in [-0.15, -0.1) is 0 Å². The molecule has 2 heterocycles. The Morgan fingerprint density at radius 1 is 0.812 bits per heavy atom. The zero-order chi connectivity index (χ0) is 23.4. The van der Waals surface area contributed by atoms with Gasteiger partial charge in [-0.2, -0.15) is 4.99 Å². The van der Waals surface area contributed by atoms with Crippen LogP contribution in [0.5, 0.6) is 5.75 Å². The number of ether oxygens (including phenoxy) is 4. The topological polar surface area (TPSA) is 191 Å². The van der Waals surface area contributed by atoms with Crippen LogP contribution in [0.1, 0.15) is 0 Å². The number of hydrogen-bond donors (Lipinski definition) is 7. The Morgan fingerprint density at radius 3 is 2.00 bits per heavy atom. The number of isothiocyanates is 1. The van der Waals surface area contributed by atoms with Gasteiger partial charge in [-0.3, -0.25) is 0 Å². The smallest absolute Gasteiger partial charge is 0.229 e. The van der Waals surface area contributed by atoms with Crippen molar-refractivity contribution >= 4 is 23.1 Å². The molecule has 1 aromatic rings. The summed E-state index contributed by atoms with van der Waals surface area (Å²) in [6, 6.07) is 6.21. The first-order chi connectivity index (χ1) is 15.3. The second-order valence-corrected chi connectivity index (χ2v) is 7.50. The molecule has 7 N–H and O–H groups in total. The summed E-state index contributed by atoms with van der Waals surface area (Å²) >= 11 is 4.53. The number of nitrogens with zero attached hydrogens (tertiary/aromatic N) is 1. The van der Waals surface area contributed by atoms with Crippen molar-refractivity contribution in [3.63, 3.8) is 0 Å². The van der Waals surface area contributed by atoms with Crippen molar-refractivity contribution < 1.29 is 54.7 Å². The van der Waals surface area contributed by atoms with Crippen molar-refractivity contribution in [3.05, 3.63) is 24.3 Å². The Bertz CT molecular complexity index is 788. The minimum Gasteiger partial charge on any atom is -0.462 e. The largest absolute Gasteiger partial charge is 0.462 e. The number of hydrogen-bond acceptors (Lipinski definition) is 13. The summed E-state index contributed by atoms with van der Waals surface area (Å²) < 4.78 is 21.8. The third-order valence-corrected chi connectivity index (χ3v) is 5.32. The molecular formula is C19H25NO11S. The molecule has 13 heteroatoms. The van der Waals surface area contributed by atoms with Gasteiger partial charge in [-0.05, 0) is 36.5 Å². The molecule has 178 valence electrons. The Morgan fingerprint density at radius 2 is 1.41 bits per heavy atom. The second-order valence-electron chi connectivity index (χ2n) is 7.32. The minimum atomic E-state index is -1.74. The predicted molar refractivity (Wildman–Crippen MR) is 108 cm³/mol. The van der Waals surface area contributed by atoms with Gasteiger partial charge in [0.15, 0.2) is 6.29 Å². The average Bonchev–Trinajstić information content (AvgIpc) is 2.80. The maximum Gasteiger partial charge on any atom is 0.229 e. The number of thiocarbonyl (C=S) groups is 1. The van der Waals surface area contributed by atoms with Crippen molar-refractivity contribution in [2.75, 3.05) is 13.2 Å². The lowest BCUT2D eigenvalue weighted by atomic mass is 9.97. The van der Waals surface area contributed by atoms with Crippen LogP contribution in [0.2, 0.25) is 0 Å². The molecule has 0 amide bonds. The van der Waals surface area contributed by atoms with E-state index in [2.05, 4.69) is 22.4 Å². The van der Waals surface area contributed by atoms with Crippen molar-refractivity contribution in [3.8, 4) is 5.75 Å². The summed E-state index contributed by atoms with van der Waals surface area (Å²) in [5.41, 5.74) is 0.527. The van der Waals surface area contributed by atoms with Gasteiger partial charge in [-0.25, -0.2) is 0 Å². The van der Waals surface area contributed by atoms with Crippen LogP contribution in [0, 0.1) is 0 Å². The SMILES string of the molecule is OC[C@@H]1O[C@H](O[C@H]2[C@@H](O)[C@H](O)[C@@H](Oc3ccc(N=C=S)cc3)O[C@H]2CO)[C@@H](O)[C@H](O)[C@H]1O. The molecule has 1 aromatic carbocycles. The number of aliphatic imine (C=N–C) groups is 1. The highest BCUT2D eigenvalue weighted by Crippen LogP contribution is 2.30. The summed E-state index contributed by atoms with van der Waals surface area (Å²) in [6.07, 6.45) is -15.2. The van der Waals surface area contributed by atoms with E-state index in [1.807, 2.05) is 0 Å². The summed E-state index contributed by atoms with van der Waals surface area (Å²) in [6.45, 7) is -1.33. The fraction of sp³-hybridized carbons (Fsp3) is 0.632. The maximum atomic E-state index is 10.6. The molecule has 0 aromatic heterocycles. The van der Waals surface area contributed by atoms with Gasteiger partial charge >= 0.3 is 0 Å². The fourth-order valence-electron chi connectivity index (χ4n) is 3.44. The Hall–Kier alpha value is -1.58. The molecule has 0 bridgehead atoms. The van der Waals surface area contributed by atoms with Crippen molar-refractivity contribution in [1.29, 1.82) is 0 Å². The van der Waals surface area contributed by atoms with Crippen LogP contribution in [0.15, 0.2) is 29.3 Å². The molecule has 12 nitrogen and oxygen atoms in total. The Kier molecular flexibility index (Phi) is 8.63. The fourth-order valence-corrected chi connectivity index (χ4v) is 3.54. The lowest BCUT2D eigenvalue weighted by Crippen LogP contribution is -2.65. The maximum absolute atomic E-state index is 10.6. The quantitative estimate of drug-likeness (QED) is 0.161. The standard InChI is InChI=1S/C19H25NO11S/c21-5-10-12(23)13(24)15(26)19(29-10)31-17-11(6-22)30-18(16(27)14(17)25)28-9-3-1-8(2-4-9)20-7-32/h1-4,10-19,21-27H,5-6H2/t10-,11-,12-,13+,14-,15-,16-,17+,18-,19+/m0/s1. The van der Waals surface area contributed by atoms with E-state index in [1.165, 1.54) is 12.1 Å². The van der Waals surface area contributed by atoms with Gasteiger partial charge in [0.1, 0.15) is 54.6 Å². The zero-order valence-corrected chi connectivity index (χ0v) is 17.4. The lowest BCUT2D eigenvalue weighted by Gasteiger charge is -2.45. The first-order valence-electron chi connectivity index (χ1n) is 9.73. The Balaban J connectivity index is 1.70. The predicted octanol–water partition coefficient (Wildman–Crippen LogP) is -2.58. The van der Waals surface area contributed by atoms with Crippen LogP contribution >= 0.6 is 12.2 Å². The molecule has 0 saturated carbocycles. The third-order valence-electron chi connectivity index (χ3n) is 5.22. The molecule has 32 heavy (non-hydrogen) atoms. The normalized spacial score (nSPS) is 39.8. The highest BCUT2D eigenvalue weighted by Gasteiger charge is 2.51. The first-order valence-corrected chi connectivity index (χ1v) is 10.1. The third kappa shape index (κ3) is 5.31. The summed E-state index contributed by atoms with van der Waals surface area (Å²) in [7, 11) is 0. The highest BCUT2D eigenvalue weighted by molar-refractivity contribution is 7.78. The van der Waals surface area contributed by atoms with Crippen LogP contribution in [0.4, 0.5) is 5.69 Å². The van der Waals surface area contributed by atoms with E-state index < -0.39 is 74.6 Å². The van der Waals surface area contributed by atoms with Crippen LogP contribution in [0.3, 0.4) is 0 Å². The van der Waals surface area contributed by atoms with E-state index in [9.17, 15) is 35.7 Å². The molecule has 0 aliphatic carbocycles. The second kappa shape index (κ2) is 11.0. The highest BCUT2D eigenvalue weighted by atomic mass is 32.1. The number of aliphatic hydroxyl groups excluding tert-OH is 7. The summed E-state index contributed by atoms with van der Waals surface area (Å²) in [5.74, 6) is 0.273. The molecule has 0 radical (unpaired) electrons. The average molecular weight is 475 g/mol. The monoisotopic (exact) mass is 475 g/mol. The van der Waals surface area contributed by atoms with Crippen molar-refractivity contribution in [2.24, 2.45) is 4.99 Å². The molecule has 2 fully saturated rings. The van der Waals surface area contributed by atoms with Crippen LogP contribution in [-0.4, -0.2) is 116 Å². The molecule has 2 saturated heterocycles. The Labute approximate surface area is 187 Å². The van der Waals surface area contributed by atoms with Gasteiger partial charge in [-0.1, -0.05) is 0 Å². The summed E-state index contributed by atoms with van der Waals surface area (Å²) in [5, 5.41) is 72.2. The van der Waals surface area contributed by atoms with Gasteiger partial charge in [0, 0.05) is 0 Å². The van der Waals surface area contributed by atoms with E-state index in [1.54, 1.807) is 12.1 Å². The molecule has 2 aliphatic heterocycles. The van der Waals surface area contributed by atoms with Crippen molar-refractivity contribution in [2.45, 2.75) is 61.4 Å². The van der Waals surface area contributed by atoms with E-state index in [0.717, 1.165) is 0 Å².